The van der Waals surface area contributed by atoms with Crippen LogP contribution in [0.25, 0.3) is 15.9 Å². The Bertz CT molecular complexity index is 1130. The summed E-state index contributed by atoms with van der Waals surface area (Å²) in [7, 11) is 0. The van der Waals surface area contributed by atoms with E-state index in [1.54, 1.807) is 4.57 Å². The largest absolute Gasteiger partial charge is 0.378 e. The second-order valence-electron chi connectivity index (χ2n) is 7.12. The van der Waals surface area contributed by atoms with Crippen LogP contribution in [0, 0.1) is 20.8 Å². The summed E-state index contributed by atoms with van der Waals surface area (Å²) in [6.45, 7) is 8.33. The minimum absolute atomic E-state index is 0.0435. The molecule has 6 nitrogen and oxygen atoms in total. The molecule has 1 aromatic carbocycles. The number of ether oxygens (including phenoxy) is 1. The third-order valence-corrected chi connectivity index (χ3v) is 7.15. The van der Waals surface area contributed by atoms with Crippen molar-refractivity contribution >= 4 is 39.2 Å². The highest BCUT2D eigenvalue weighted by Crippen LogP contribution is 2.29. The maximum absolute atomic E-state index is 13.4. The summed E-state index contributed by atoms with van der Waals surface area (Å²) < 4.78 is 6.97. The molecule has 1 saturated heterocycles. The summed E-state index contributed by atoms with van der Waals surface area (Å²) >= 11 is 2.85. The fourth-order valence-corrected chi connectivity index (χ4v) is 5.38. The molecule has 4 rings (SSSR count). The molecule has 0 radical (unpaired) electrons. The molecule has 3 aromatic rings. The lowest BCUT2D eigenvalue weighted by molar-refractivity contribution is -0.132. The molecule has 0 bridgehead atoms. The van der Waals surface area contributed by atoms with Gasteiger partial charge in [0.2, 0.25) is 5.91 Å². The first kappa shape index (κ1) is 20.1. The van der Waals surface area contributed by atoms with E-state index in [2.05, 4.69) is 0 Å². The van der Waals surface area contributed by atoms with Crippen LogP contribution in [0.1, 0.15) is 16.0 Å². The molecular weight excluding hydrogens is 406 g/mol. The summed E-state index contributed by atoms with van der Waals surface area (Å²) in [6, 6.07) is 7.80. The van der Waals surface area contributed by atoms with E-state index < -0.39 is 0 Å². The molecule has 0 atom stereocenters. The molecule has 8 heteroatoms. The van der Waals surface area contributed by atoms with E-state index in [-0.39, 0.29) is 17.2 Å². The Morgan fingerprint density at radius 3 is 2.72 bits per heavy atom. The van der Waals surface area contributed by atoms with Crippen LogP contribution in [-0.2, 0) is 9.53 Å². The Kier molecular flexibility index (Phi) is 5.76. The Hall–Kier alpha value is -2.16. The molecule has 0 N–H and O–H groups in total. The van der Waals surface area contributed by atoms with E-state index >= 15 is 0 Å². The molecule has 1 fully saturated rings. The van der Waals surface area contributed by atoms with Gasteiger partial charge in [0, 0.05) is 18.0 Å². The van der Waals surface area contributed by atoms with Gasteiger partial charge in [-0.2, -0.15) is 0 Å². The summed E-state index contributed by atoms with van der Waals surface area (Å²) in [5.74, 6) is 0.287. The number of carbonyl (C=O) groups excluding carboxylic acids is 1. The van der Waals surface area contributed by atoms with Crippen LogP contribution < -0.4 is 5.56 Å². The molecule has 0 spiro atoms. The van der Waals surface area contributed by atoms with Gasteiger partial charge in [0.1, 0.15) is 4.83 Å². The van der Waals surface area contributed by atoms with Crippen molar-refractivity contribution in [2.24, 2.45) is 0 Å². The minimum atomic E-state index is -0.0798. The van der Waals surface area contributed by atoms with Gasteiger partial charge >= 0.3 is 0 Å². The smallest absolute Gasteiger partial charge is 0.267 e. The van der Waals surface area contributed by atoms with Gasteiger partial charge in [0.05, 0.1) is 30.0 Å². The van der Waals surface area contributed by atoms with Crippen molar-refractivity contribution in [3.05, 3.63) is 50.6 Å². The Labute approximate surface area is 177 Å². The second-order valence-corrected chi connectivity index (χ2v) is 9.26. The summed E-state index contributed by atoms with van der Waals surface area (Å²) in [5.41, 5.74) is 2.73. The third kappa shape index (κ3) is 3.97. The maximum Gasteiger partial charge on any atom is 0.267 e. The number of aryl methyl sites for hydroxylation is 3. The molecular formula is C21H23N3O3S2. The number of fused-ring (bicyclic) bond motifs is 1. The van der Waals surface area contributed by atoms with Gasteiger partial charge in [0.25, 0.3) is 5.56 Å². The molecule has 1 aliphatic heterocycles. The number of morpholine rings is 1. The van der Waals surface area contributed by atoms with Crippen molar-refractivity contribution in [2.45, 2.75) is 25.9 Å². The quantitative estimate of drug-likeness (QED) is 0.470. The zero-order valence-corrected chi connectivity index (χ0v) is 18.4. The number of amides is 1. The van der Waals surface area contributed by atoms with Gasteiger partial charge in [-0.15, -0.1) is 11.3 Å². The van der Waals surface area contributed by atoms with Crippen molar-refractivity contribution in [3.63, 3.8) is 0 Å². The lowest BCUT2D eigenvalue weighted by Crippen LogP contribution is -2.41. The van der Waals surface area contributed by atoms with Crippen molar-refractivity contribution in [1.29, 1.82) is 0 Å². The number of thiophene rings is 1. The van der Waals surface area contributed by atoms with Crippen molar-refractivity contribution < 1.29 is 9.53 Å². The zero-order valence-electron chi connectivity index (χ0n) is 16.7. The first-order chi connectivity index (χ1) is 14.0. The fourth-order valence-electron chi connectivity index (χ4n) is 3.40. The van der Waals surface area contributed by atoms with Crippen molar-refractivity contribution in [3.8, 4) is 5.69 Å². The molecule has 152 valence electrons. The first-order valence-corrected chi connectivity index (χ1v) is 11.3. The molecule has 0 unspecified atom stereocenters. The van der Waals surface area contributed by atoms with Gasteiger partial charge < -0.3 is 9.64 Å². The van der Waals surface area contributed by atoms with Crippen LogP contribution in [0.2, 0.25) is 0 Å². The standard InChI is InChI=1S/C21H23N3O3S2/c1-13-5-4-6-16(11-13)24-20(26)18-14(2)15(3)29-19(18)22-21(24)28-12-17(25)23-7-9-27-10-8-23/h4-6,11H,7-10,12H2,1-3H3. The molecule has 1 amide bonds. The predicted octanol–water partition coefficient (Wildman–Crippen LogP) is 3.32. The number of benzene rings is 1. The number of thioether (sulfide) groups is 1. The van der Waals surface area contributed by atoms with E-state index in [1.165, 1.54) is 23.1 Å². The summed E-state index contributed by atoms with van der Waals surface area (Å²) in [5, 5.41) is 1.22. The van der Waals surface area contributed by atoms with E-state index in [9.17, 15) is 9.59 Å². The summed E-state index contributed by atoms with van der Waals surface area (Å²) in [4.78, 5) is 34.5. The van der Waals surface area contributed by atoms with Gasteiger partial charge in [-0.3, -0.25) is 14.2 Å². The number of aromatic nitrogens is 2. The van der Waals surface area contributed by atoms with Gasteiger partial charge in [0.15, 0.2) is 5.16 Å². The minimum Gasteiger partial charge on any atom is -0.378 e. The van der Waals surface area contributed by atoms with Crippen LogP contribution in [0.15, 0.2) is 34.2 Å². The highest BCUT2D eigenvalue weighted by atomic mass is 32.2. The number of hydrogen-bond acceptors (Lipinski definition) is 6. The fraction of sp³-hybridized carbons (Fsp3) is 0.381. The SMILES string of the molecule is Cc1cccc(-n2c(SCC(=O)N3CCOCC3)nc3sc(C)c(C)c3c2=O)c1. The van der Waals surface area contributed by atoms with Crippen LogP contribution in [0.5, 0.6) is 0 Å². The average molecular weight is 430 g/mol. The third-order valence-electron chi connectivity index (χ3n) is 5.12. The van der Waals surface area contributed by atoms with E-state index in [1.807, 2.05) is 49.9 Å². The Morgan fingerprint density at radius 2 is 2.00 bits per heavy atom. The molecule has 29 heavy (non-hydrogen) atoms. The van der Waals surface area contributed by atoms with Gasteiger partial charge in [-0.1, -0.05) is 23.9 Å². The van der Waals surface area contributed by atoms with E-state index in [0.717, 1.165) is 26.5 Å². The Morgan fingerprint density at radius 1 is 1.24 bits per heavy atom. The number of carbonyl (C=O) groups is 1. The summed E-state index contributed by atoms with van der Waals surface area (Å²) in [6.07, 6.45) is 0. The maximum atomic E-state index is 13.4. The topological polar surface area (TPSA) is 64.4 Å². The molecule has 0 aliphatic carbocycles. The van der Waals surface area contributed by atoms with Crippen LogP contribution >= 0.6 is 23.1 Å². The van der Waals surface area contributed by atoms with Gasteiger partial charge in [-0.25, -0.2) is 4.98 Å². The van der Waals surface area contributed by atoms with Crippen LogP contribution in [-0.4, -0.2) is 52.4 Å². The second kappa shape index (κ2) is 8.30. The monoisotopic (exact) mass is 429 g/mol. The molecule has 2 aromatic heterocycles. The normalized spacial score (nSPS) is 14.5. The average Bonchev–Trinajstić information content (AvgIpc) is 3.00. The molecule has 1 aliphatic rings. The van der Waals surface area contributed by atoms with Gasteiger partial charge in [-0.05, 0) is 44.0 Å². The van der Waals surface area contributed by atoms with Crippen molar-refractivity contribution in [2.75, 3.05) is 32.1 Å². The molecule has 0 saturated carbocycles. The first-order valence-electron chi connectivity index (χ1n) is 9.54. The highest BCUT2D eigenvalue weighted by molar-refractivity contribution is 7.99. The lowest BCUT2D eigenvalue weighted by atomic mass is 10.2. The Balaban J connectivity index is 1.76. The molecule has 3 heterocycles. The zero-order chi connectivity index (χ0) is 20.5. The number of rotatable bonds is 4. The van der Waals surface area contributed by atoms with E-state index in [4.69, 9.17) is 9.72 Å². The predicted molar refractivity (Wildman–Crippen MR) is 118 cm³/mol. The highest BCUT2D eigenvalue weighted by Gasteiger charge is 2.21. The van der Waals surface area contributed by atoms with Crippen LogP contribution in [0.3, 0.4) is 0 Å². The van der Waals surface area contributed by atoms with Crippen LogP contribution in [0.4, 0.5) is 0 Å². The van der Waals surface area contributed by atoms with Crippen molar-refractivity contribution in [1.82, 2.24) is 14.5 Å². The van der Waals surface area contributed by atoms with E-state index in [0.29, 0.717) is 36.8 Å². The number of nitrogens with zero attached hydrogens (tertiary/aromatic N) is 3. The lowest BCUT2D eigenvalue weighted by Gasteiger charge is -2.26. The number of hydrogen-bond donors (Lipinski definition) is 0.